The van der Waals surface area contributed by atoms with Crippen molar-refractivity contribution < 1.29 is 17.9 Å². The summed E-state index contributed by atoms with van der Waals surface area (Å²) in [6, 6.07) is 8.90. The maximum atomic E-state index is 13.0. The minimum Gasteiger partial charge on any atom is -0.372 e. The van der Waals surface area contributed by atoms with Crippen LogP contribution in [0.2, 0.25) is 5.02 Å². The first-order chi connectivity index (χ1) is 19.2. The number of hydrogen-bond acceptors (Lipinski definition) is 7. The minimum atomic E-state index is -3.28. The van der Waals surface area contributed by atoms with Crippen LogP contribution in [0.15, 0.2) is 49.1 Å². The normalized spacial score (nSPS) is 18.8. The van der Waals surface area contributed by atoms with Crippen molar-refractivity contribution in [3.05, 3.63) is 82.2 Å². The van der Waals surface area contributed by atoms with Crippen LogP contribution < -0.4 is 5.32 Å². The number of fused-ring (bicyclic) bond motifs is 2. The summed E-state index contributed by atoms with van der Waals surface area (Å²) in [6.07, 6.45) is 8.52. The SMILES string of the molecule is CCOCC(=O)N[C@H](C1=Cc2cccnc2[C@@H](N2CCN(S(C)(=O)=O)CC2)c2ccc(Cl)cc21)c1cncn1C. The first-order valence-corrected chi connectivity index (χ1v) is 15.4. The summed E-state index contributed by atoms with van der Waals surface area (Å²) >= 11 is 6.59. The van der Waals surface area contributed by atoms with Gasteiger partial charge in [-0.05, 0) is 53.5 Å². The predicted octanol–water partition coefficient (Wildman–Crippen LogP) is 2.88. The molecule has 10 nitrogen and oxygen atoms in total. The molecule has 1 fully saturated rings. The summed E-state index contributed by atoms with van der Waals surface area (Å²) in [7, 11) is -1.39. The zero-order valence-electron chi connectivity index (χ0n) is 22.7. The van der Waals surface area contributed by atoms with E-state index in [2.05, 4.69) is 21.3 Å². The summed E-state index contributed by atoms with van der Waals surface area (Å²) in [5, 5.41) is 3.72. The highest BCUT2D eigenvalue weighted by Gasteiger charge is 2.36. The lowest BCUT2D eigenvalue weighted by molar-refractivity contribution is -0.125. The Bertz CT molecular complexity index is 1530. The summed E-state index contributed by atoms with van der Waals surface area (Å²) in [4.78, 5) is 24.4. The highest BCUT2D eigenvalue weighted by molar-refractivity contribution is 7.88. The number of imidazole rings is 1. The lowest BCUT2D eigenvalue weighted by Crippen LogP contribution is -2.49. The Morgan fingerprint density at radius 3 is 2.67 bits per heavy atom. The summed E-state index contributed by atoms with van der Waals surface area (Å²) < 4.78 is 33.2. The molecule has 1 amide bonds. The van der Waals surface area contributed by atoms with Gasteiger partial charge in [0.2, 0.25) is 15.9 Å². The van der Waals surface area contributed by atoms with Crippen LogP contribution in [0.4, 0.5) is 0 Å². The molecule has 0 bridgehead atoms. The van der Waals surface area contributed by atoms with Crippen LogP contribution in [0.1, 0.15) is 47.1 Å². The van der Waals surface area contributed by atoms with Gasteiger partial charge < -0.3 is 14.6 Å². The molecule has 1 aliphatic carbocycles. The van der Waals surface area contributed by atoms with Gasteiger partial charge in [-0.25, -0.2) is 13.4 Å². The van der Waals surface area contributed by atoms with E-state index >= 15 is 0 Å². The second-order valence-electron chi connectivity index (χ2n) is 9.98. The van der Waals surface area contributed by atoms with Crippen molar-refractivity contribution in [1.29, 1.82) is 0 Å². The first kappa shape index (κ1) is 28.4. The maximum absolute atomic E-state index is 13.0. The van der Waals surface area contributed by atoms with E-state index in [-0.39, 0.29) is 18.6 Å². The summed E-state index contributed by atoms with van der Waals surface area (Å²) in [6.45, 7) is 4.09. The predicted molar refractivity (Wildman–Crippen MR) is 154 cm³/mol. The van der Waals surface area contributed by atoms with E-state index in [9.17, 15) is 13.2 Å². The molecule has 1 N–H and O–H groups in total. The van der Waals surface area contributed by atoms with Crippen molar-refractivity contribution >= 4 is 39.2 Å². The van der Waals surface area contributed by atoms with Gasteiger partial charge in [-0.1, -0.05) is 23.7 Å². The average Bonchev–Trinajstić information content (AvgIpc) is 3.30. The Labute approximate surface area is 239 Å². The highest BCUT2D eigenvalue weighted by Crippen LogP contribution is 2.44. The third-order valence-electron chi connectivity index (χ3n) is 7.37. The third-order valence-corrected chi connectivity index (χ3v) is 8.91. The lowest BCUT2D eigenvalue weighted by Gasteiger charge is -2.39. The van der Waals surface area contributed by atoms with Gasteiger partial charge in [0.25, 0.3) is 0 Å². The molecule has 1 aromatic carbocycles. The van der Waals surface area contributed by atoms with E-state index in [1.807, 2.05) is 48.9 Å². The molecule has 2 atom stereocenters. The summed E-state index contributed by atoms with van der Waals surface area (Å²) in [5.41, 5.74) is 5.27. The van der Waals surface area contributed by atoms with Crippen molar-refractivity contribution in [1.82, 2.24) is 29.1 Å². The molecule has 40 heavy (non-hydrogen) atoms. The molecule has 212 valence electrons. The van der Waals surface area contributed by atoms with Gasteiger partial charge in [0.15, 0.2) is 0 Å². The Hall–Kier alpha value is -3.09. The van der Waals surface area contributed by atoms with Gasteiger partial charge in [0.1, 0.15) is 6.61 Å². The number of benzene rings is 1. The molecule has 1 saturated heterocycles. The molecule has 0 unspecified atom stereocenters. The van der Waals surface area contributed by atoms with Crippen molar-refractivity contribution in [2.24, 2.45) is 7.05 Å². The van der Waals surface area contributed by atoms with Crippen LogP contribution >= 0.6 is 11.6 Å². The van der Waals surface area contributed by atoms with Crippen LogP contribution in [0.25, 0.3) is 11.6 Å². The minimum absolute atomic E-state index is 0.0636. The van der Waals surface area contributed by atoms with E-state index in [0.717, 1.165) is 33.7 Å². The van der Waals surface area contributed by atoms with Crippen molar-refractivity contribution in [3.63, 3.8) is 0 Å². The van der Waals surface area contributed by atoms with Gasteiger partial charge >= 0.3 is 0 Å². The monoisotopic (exact) mass is 584 g/mol. The number of carbonyl (C=O) groups excluding carboxylic acids is 1. The Balaban J connectivity index is 1.64. The second kappa shape index (κ2) is 11.8. The fourth-order valence-electron chi connectivity index (χ4n) is 5.45. The van der Waals surface area contributed by atoms with Crippen molar-refractivity contribution in [2.45, 2.75) is 19.0 Å². The number of nitrogens with one attached hydrogen (secondary N) is 1. The molecule has 1 aliphatic heterocycles. The number of amides is 1. The van der Waals surface area contributed by atoms with E-state index in [1.54, 1.807) is 18.7 Å². The van der Waals surface area contributed by atoms with Crippen LogP contribution in [-0.4, -0.2) is 83.7 Å². The molecule has 3 aromatic rings. The third kappa shape index (κ3) is 5.84. The van der Waals surface area contributed by atoms with E-state index in [4.69, 9.17) is 21.3 Å². The fraction of sp³-hybridized carbons (Fsp3) is 0.393. The topological polar surface area (TPSA) is 110 Å². The Morgan fingerprint density at radius 2 is 2.00 bits per heavy atom. The maximum Gasteiger partial charge on any atom is 0.246 e. The van der Waals surface area contributed by atoms with Crippen LogP contribution in [0, 0.1) is 0 Å². The average molecular weight is 585 g/mol. The first-order valence-electron chi connectivity index (χ1n) is 13.2. The zero-order valence-corrected chi connectivity index (χ0v) is 24.3. The number of piperazine rings is 1. The molecule has 0 spiro atoms. The van der Waals surface area contributed by atoms with Crippen LogP contribution in [0.3, 0.4) is 0 Å². The number of rotatable bonds is 8. The number of ether oxygens (including phenoxy) is 1. The lowest BCUT2D eigenvalue weighted by atomic mass is 9.89. The molecule has 2 aromatic heterocycles. The van der Waals surface area contributed by atoms with Gasteiger partial charge in [0.05, 0.1) is 42.3 Å². The highest BCUT2D eigenvalue weighted by atomic mass is 35.5. The fourth-order valence-corrected chi connectivity index (χ4v) is 6.44. The molecule has 3 heterocycles. The standard InChI is InChI=1S/C28H33ClN6O4S/c1-4-39-17-25(36)32-27(24-16-30-18-33(24)2)23-14-19-6-5-9-31-26(19)28(21-8-7-20(29)15-22(21)23)34-10-12-35(13-11-34)40(3,37)38/h5-9,14-16,18,27-28H,4,10-13,17H2,1-3H3,(H,32,36)/t27-,28+/m1/s1. The van der Waals surface area contributed by atoms with Gasteiger partial charge in [-0.2, -0.15) is 4.31 Å². The number of hydrogen-bond donors (Lipinski definition) is 1. The van der Waals surface area contributed by atoms with E-state index in [1.165, 1.54) is 10.6 Å². The quantitative estimate of drug-likeness (QED) is 0.433. The molecule has 0 saturated carbocycles. The Kier molecular flexibility index (Phi) is 8.39. The number of halogens is 1. The van der Waals surface area contributed by atoms with Gasteiger partial charge in [0, 0.05) is 51.1 Å². The molecular formula is C28H33ClN6O4S. The molecule has 5 rings (SSSR count). The van der Waals surface area contributed by atoms with E-state index < -0.39 is 16.1 Å². The van der Waals surface area contributed by atoms with E-state index in [0.29, 0.717) is 37.8 Å². The number of nitrogens with zero attached hydrogens (tertiary/aromatic N) is 5. The number of pyridine rings is 1. The smallest absolute Gasteiger partial charge is 0.246 e. The molecule has 2 aliphatic rings. The van der Waals surface area contributed by atoms with Crippen LogP contribution in [-0.2, 0) is 26.6 Å². The number of aryl methyl sites for hydroxylation is 1. The summed E-state index contributed by atoms with van der Waals surface area (Å²) in [5.74, 6) is -0.248. The second-order valence-corrected chi connectivity index (χ2v) is 12.4. The Morgan fingerprint density at radius 1 is 1.23 bits per heavy atom. The number of sulfonamides is 1. The molecule has 12 heteroatoms. The number of aromatic nitrogens is 3. The van der Waals surface area contributed by atoms with Crippen molar-refractivity contribution in [3.8, 4) is 0 Å². The zero-order chi connectivity index (χ0) is 28.4. The number of carbonyl (C=O) groups is 1. The largest absolute Gasteiger partial charge is 0.372 e. The van der Waals surface area contributed by atoms with Gasteiger partial charge in [-0.3, -0.25) is 14.7 Å². The molecule has 0 radical (unpaired) electrons. The van der Waals surface area contributed by atoms with Gasteiger partial charge in [-0.15, -0.1) is 0 Å². The van der Waals surface area contributed by atoms with Crippen LogP contribution in [0.5, 0.6) is 0 Å². The van der Waals surface area contributed by atoms with Crippen molar-refractivity contribution in [2.75, 3.05) is 45.6 Å². The molecular weight excluding hydrogens is 552 g/mol.